The van der Waals surface area contributed by atoms with E-state index >= 15 is 0 Å². The number of hydrogen-bond acceptors (Lipinski definition) is 2. The lowest BCUT2D eigenvalue weighted by Gasteiger charge is -2.22. The monoisotopic (exact) mass is 335 g/mol. The summed E-state index contributed by atoms with van der Waals surface area (Å²) >= 11 is 0. The average Bonchev–Trinajstić information content (AvgIpc) is 2.63. The van der Waals surface area contributed by atoms with Crippen molar-refractivity contribution in [3.63, 3.8) is 0 Å². The Labute approximate surface area is 147 Å². The molecular formula is C21H21NO3. The molecule has 4 heteroatoms. The molecule has 25 heavy (non-hydrogen) atoms. The zero-order chi connectivity index (χ0) is 17.6. The lowest BCUT2D eigenvalue weighted by atomic mass is 10.0. The van der Waals surface area contributed by atoms with Crippen molar-refractivity contribution in [2.75, 3.05) is 18.1 Å². The van der Waals surface area contributed by atoms with Gasteiger partial charge in [0.2, 0.25) is 0 Å². The Morgan fingerprint density at radius 3 is 2.48 bits per heavy atom. The first-order valence-corrected chi connectivity index (χ1v) is 8.39. The summed E-state index contributed by atoms with van der Waals surface area (Å²) in [6.07, 6.45) is -0.342. The number of anilines is 1. The summed E-state index contributed by atoms with van der Waals surface area (Å²) < 4.78 is 5.57. The number of benzene rings is 3. The smallest absolute Gasteiger partial charge is 0.411 e. The summed E-state index contributed by atoms with van der Waals surface area (Å²) in [5, 5.41) is 12.0. The van der Waals surface area contributed by atoms with Crippen LogP contribution in [0, 0.1) is 0 Å². The van der Waals surface area contributed by atoms with Gasteiger partial charge in [0.25, 0.3) is 0 Å². The largest absolute Gasteiger partial charge is 0.492 e. The van der Waals surface area contributed by atoms with Crippen LogP contribution in [0.15, 0.2) is 66.7 Å². The second-order valence-electron chi connectivity index (χ2n) is 5.77. The molecule has 3 aromatic carbocycles. The van der Waals surface area contributed by atoms with Gasteiger partial charge in [-0.15, -0.1) is 0 Å². The maximum Gasteiger partial charge on any atom is 0.411 e. The second kappa shape index (κ2) is 7.71. The Hall–Kier alpha value is -3.01. The van der Waals surface area contributed by atoms with Crippen LogP contribution >= 0.6 is 0 Å². The molecule has 4 nitrogen and oxygen atoms in total. The first kappa shape index (κ1) is 16.8. The fourth-order valence-electron chi connectivity index (χ4n) is 2.91. The summed E-state index contributed by atoms with van der Waals surface area (Å²) in [5.74, 6) is 0.589. The Morgan fingerprint density at radius 2 is 1.72 bits per heavy atom. The first-order valence-electron chi connectivity index (χ1n) is 8.39. The van der Waals surface area contributed by atoms with Crippen LogP contribution in [0.2, 0.25) is 0 Å². The van der Waals surface area contributed by atoms with E-state index in [1.54, 1.807) is 12.1 Å². The Bertz CT molecular complexity index is 876. The van der Waals surface area contributed by atoms with Crippen LogP contribution in [0.4, 0.5) is 10.5 Å². The molecule has 0 fully saturated rings. The Morgan fingerprint density at radius 1 is 1.00 bits per heavy atom. The number of para-hydroxylation sites is 2. The fraction of sp³-hybridized carbons (Fsp3) is 0.190. The number of rotatable bonds is 6. The van der Waals surface area contributed by atoms with E-state index in [0.717, 1.165) is 10.9 Å². The zero-order valence-corrected chi connectivity index (χ0v) is 14.2. The van der Waals surface area contributed by atoms with Gasteiger partial charge in [-0.1, -0.05) is 54.6 Å². The second-order valence-corrected chi connectivity index (χ2v) is 5.77. The molecule has 0 saturated heterocycles. The quantitative estimate of drug-likeness (QED) is 0.692. The lowest BCUT2D eigenvalue weighted by Crippen LogP contribution is -2.31. The standard InChI is InChI=1S/C21H21NO3/c1-2-25-20-10-6-5-9-19(20)22(21(23)24)14-13-16-11-12-17-7-3-4-8-18(17)15-16/h3-12,15H,2,13-14H2,1H3,(H,23,24). The Balaban J connectivity index is 1.81. The minimum Gasteiger partial charge on any atom is -0.492 e. The van der Waals surface area contributed by atoms with Gasteiger partial charge >= 0.3 is 6.09 Å². The van der Waals surface area contributed by atoms with Crippen molar-refractivity contribution in [2.24, 2.45) is 0 Å². The fourth-order valence-corrected chi connectivity index (χ4v) is 2.91. The third-order valence-electron chi connectivity index (χ3n) is 4.12. The van der Waals surface area contributed by atoms with Crippen molar-refractivity contribution in [2.45, 2.75) is 13.3 Å². The predicted octanol–water partition coefficient (Wildman–Crippen LogP) is 4.97. The van der Waals surface area contributed by atoms with E-state index in [4.69, 9.17) is 4.74 Å². The molecule has 1 amide bonds. The van der Waals surface area contributed by atoms with Crippen molar-refractivity contribution in [1.29, 1.82) is 0 Å². The van der Waals surface area contributed by atoms with Crippen LogP contribution < -0.4 is 9.64 Å². The van der Waals surface area contributed by atoms with Gasteiger partial charge in [-0.2, -0.15) is 0 Å². The minimum absolute atomic E-state index is 0.373. The average molecular weight is 335 g/mol. The van der Waals surface area contributed by atoms with Gasteiger partial charge < -0.3 is 9.84 Å². The molecule has 3 aromatic rings. The van der Waals surface area contributed by atoms with Gasteiger partial charge in [0.15, 0.2) is 0 Å². The van der Waals surface area contributed by atoms with E-state index in [9.17, 15) is 9.90 Å². The van der Waals surface area contributed by atoms with E-state index in [1.807, 2.05) is 31.2 Å². The molecule has 0 aromatic heterocycles. The molecule has 0 radical (unpaired) electrons. The van der Waals surface area contributed by atoms with Crippen molar-refractivity contribution in [3.05, 3.63) is 72.3 Å². The predicted molar refractivity (Wildman–Crippen MR) is 101 cm³/mol. The van der Waals surface area contributed by atoms with E-state index in [-0.39, 0.29) is 0 Å². The summed E-state index contributed by atoms with van der Waals surface area (Å²) in [7, 11) is 0. The minimum atomic E-state index is -0.979. The SMILES string of the molecule is CCOc1ccccc1N(CCc1ccc2ccccc2c1)C(=O)O. The van der Waals surface area contributed by atoms with E-state index in [0.29, 0.717) is 31.0 Å². The molecule has 128 valence electrons. The van der Waals surface area contributed by atoms with E-state index in [1.165, 1.54) is 10.3 Å². The normalized spacial score (nSPS) is 10.6. The van der Waals surface area contributed by atoms with Gasteiger partial charge in [0.1, 0.15) is 5.75 Å². The van der Waals surface area contributed by atoms with Crippen molar-refractivity contribution in [1.82, 2.24) is 0 Å². The van der Waals surface area contributed by atoms with Gasteiger partial charge in [0.05, 0.1) is 12.3 Å². The van der Waals surface area contributed by atoms with Crippen LogP contribution in [0.1, 0.15) is 12.5 Å². The first-order chi connectivity index (χ1) is 12.2. The third-order valence-corrected chi connectivity index (χ3v) is 4.12. The number of amides is 1. The molecule has 0 aliphatic rings. The molecule has 0 heterocycles. The summed E-state index contributed by atoms with van der Waals surface area (Å²) in [4.78, 5) is 13.1. The van der Waals surface area contributed by atoms with Gasteiger partial charge in [0, 0.05) is 6.54 Å². The molecule has 0 aliphatic heterocycles. The summed E-state index contributed by atoms with van der Waals surface area (Å²) in [5.41, 5.74) is 1.69. The lowest BCUT2D eigenvalue weighted by molar-refractivity contribution is 0.201. The van der Waals surface area contributed by atoms with Gasteiger partial charge in [-0.05, 0) is 41.8 Å². The van der Waals surface area contributed by atoms with Crippen molar-refractivity contribution in [3.8, 4) is 5.75 Å². The topological polar surface area (TPSA) is 49.8 Å². The zero-order valence-electron chi connectivity index (χ0n) is 14.2. The highest BCUT2D eigenvalue weighted by Gasteiger charge is 2.18. The summed E-state index contributed by atoms with van der Waals surface area (Å²) in [6.45, 7) is 2.75. The van der Waals surface area contributed by atoms with Crippen molar-refractivity contribution >= 4 is 22.6 Å². The number of carbonyl (C=O) groups is 1. The molecule has 3 rings (SSSR count). The summed E-state index contributed by atoms with van der Waals surface area (Å²) in [6, 6.07) is 21.6. The number of nitrogens with zero attached hydrogens (tertiary/aromatic N) is 1. The molecule has 0 aliphatic carbocycles. The third kappa shape index (κ3) is 3.91. The molecule has 0 bridgehead atoms. The molecule has 1 N–H and O–H groups in total. The molecule has 0 atom stereocenters. The number of carboxylic acid groups (broad SMARTS) is 1. The molecular weight excluding hydrogens is 314 g/mol. The van der Waals surface area contributed by atoms with Gasteiger partial charge in [-0.3, -0.25) is 4.90 Å². The maximum absolute atomic E-state index is 11.8. The number of hydrogen-bond donors (Lipinski definition) is 1. The molecule has 0 spiro atoms. The van der Waals surface area contributed by atoms with E-state index in [2.05, 4.69) is 30.3 Å². The van der Waals surface area contributed by atoms with Crippen LogP contribution in [-0.2, 0) is 6.42 Å². The van der Waals surface area contributed by atoms with Crippen molar-refractivity contribution < 1.29 is 14.6 Å². The molecule has 0 unspecified atom stereocenters. The van der Waals surface area contributed by atoms with Crippen LogP contribution in [0.3, 0.4) is 0 Å². The Kier molecular flexibility index (Phi) is 5.19. The highest BCUT2D eigenvalue weighted by molar-refractivity contribution is 5.88. The molecule has 0 saturated carbocycles. The van der Waals surface area contributed by atoms with Crippen LogP contribution in [0.5, 0.6) is 5.75 Å². The number of fused-ring (bicyclic) bond motifs is 1. The van der Waals surface area contributed by atoms with Crippen LogP contribution in [-0.4, -0.2) is 24.4 Å². The highest BCUT2D eigenvalue weighted by atomic mass is 16.5. The highest BCUT2D eigenvalue weighted by Crippen LogP contribution is 2.28. The number of ether oxygens (including phenoxy) is 1. The van der Waals surface area contributed by atoms with E-state index < -0.39 is 6.09 Å². The maximum atomic E-state index is 11.8. The van der Waals surface area contributed by atoms with Gasteiger partial charge in [-0.25, -0.2) is 4.79 Å². The van der Waals surface area contributed by atoms with Crippen LogP contribution in [0.25, 0.3) is 10.8 Å².